The van der Waals surface area contributed by atoms with Gasteiger partial charge >= 0.3 is 6.18 Å². The molecule has 4 N–H and O–H groups in total. The van der Waals surface area contributed by atoms with E-state index in [1.54, 1.807) is 6.20 Å². The van der Waals surface area contributed by atoms with Gasteiger partial charge in [-0.05, 0) is 44.2 Å². The number of benzene rings is 1. The van der Waals surface area contributed by atoms with Crippen LogP contribution in [0.3, 0.4) is 0 Å². The Morgan fingerprint density at radius 2 is 1.97 bits per heavy atom. The molecule has 0 amide bonds. The molecule has 11 heteroatoms. The van der Waals surface area contributed by atoms with Crippen molar-refractivity contribution in [2.45, 2.75) is 31.7 Å². The minimum absolute atomic E-state index is 0.144. The van der Waals surface area contributed by atoms with Crippen molar-refractivity contribution in [1.29, 1.82) is 0 Å². The quantitative estimate of drug-likeness (QED) is 0.349. The summed E-state index contributed by atoms with van der Waals surface area (Å²) in [4.78, 5) is 17.8. The number of H-pyrrole nitrogens is 1. The van der Waals surface area contributed by atoms with Gasteiger partial charge in [0, 0.05) is 36.4 Å². The van der Waals surface area contributed by atoms with Crippen LogP contribution in [0.25, 0.3) is 22.3 Å². The summed E-state index contributed by atoms with van der Waals surface area (Å²) >= 11 is 0. The van der Waals surface area contributed by atoms with Crippen LogP contribution in [0.5, 0.6) is 5.75 Å². The first kappa shape index (κ1) is 23.9. The Kier molecular flexibility index (Phi) is 6.17. The second-order valence-electron chi connectivity index (χ2n) is 9.04. The number of ether oxygens (including phenoxy) is 1. The molecule has 188 valence electrons. The minimum atomic E-state index is -4.51. The standard InChI is InChI=1S/C25H26F3N7O/c1-14(15-3-5-17(6-4-15)36-18-7-8-35(2)13-18)33-24-32-12-21(29)22(34-24)20-11-31-23-19(20)9-16(10-30-23)25(26,27)28/h3-6,9-12,14,18H,7-8,13,29H2,1-2H3,(H,30,31)(H,32,33,34)/t14-,18?/m1/s1. The van der Waals surface area contributed by atoms with Gasteiger partial charge in [0.05, 0.1) is 23.5 Å². The number of hydrogen-bond acceptors (Lipinski definition) is 7. The van der Waals surface area contributed by atoms with Gasteiger partial charge in [-0.3, -0.25) is 0 Å². The Morgan fingerprint density at radius 3 is 2.67 bits per heavy atom. The van der Waals surface area contributed by atoms with Gasteiger partial charge in [0.15, 0.2) is 0 Å². The molecular formula is C25H26F3N7O. The number of halogens is 3. The molecule has 4 heterocycles. The van der Waals surface area contributed by atoms with Crippen LogP contribution in [0, 0.1) is 0 Å². The van der Waals surface area contributed by atoms with Crippen molar-refractivity contribution in [3.63, 3.8) is 0 Å². The Balaban J connectivity index is 1.35. The molecule has 3 aromatic heterocycles. The summed E-state index contributed by atoms with van der Waals surface area (Å²) < 4.78 is 45.7. The van der Waals surface area contributed by atoms with Crippen LogP contribution in [0.4, 0.5) is 24.8 Å². The highest BCUT2D eigenvalue weighted by Crippen LogP contribution is 2.35. The summed E-state index contributed by atoms with van der Waals surface area (Å²) in [6.07, 6.45) is 0.477. The maximum absolute atomic E-state index is 13.2. The van der Waals surface area contributed by atoms with Crippen molar-refractivity contribution in [3.05, 3.63) is 60.0 Å². The van der Waals surface area contributed by atoms with Crippen LogP contribution in [-0.4, -0.2) is 51.1 Å². The third-order valence-electron chi connectivity index (χ3n) is 6.31. The van der Waals surface area contributed by atoms with E-state index < -0.39 is 11.7 Å². The molecule has 0 spiro atoms. The van der Waals surface area contributed by atoms with Gasteiger partial charge in [0.25, 0.3) is 0 Å². The Hall–Kier alpha value is -3.86. The van der Waals surface area contributed by atoms with Gasteiger partial charge in [-0.2, -0.15) is 13.2 Å². The number of nitrogens with one attached hydrogen (secondary N) is 2. The van der Waals surface area contributed by atoms with Crippen LogP contribution in [0.1, 0.15) is 30.5 Å². The second-order valence-corrected chi connectivity index (χ2v) is 9.04. The van der Waals surface area contributed by atoms with Crippen LogP contribution in [0.15, 0.2) is 48.9 Å². The van der Waals surface area contributed by atoms with E-state index in [1.165, 1.54) is 6.20 Å². The fourth-order valence-electron chi connectivity index (χ4n) is 4.33. The first-order valence-corrected chi connectivity index (χ1v) is 11.6. The van der Waals surface area contributed by atoms with Crippen molar-refractivity contribution in [2.75, 3.05) is 31.2 Å². The Morgan fingerprint density at radius 1 is 1.19 bits per heavy atom. The average molecular weight is 498 g/mol. The molecule has 4 aromatic rings. The predicted molar refractivity (Wildman–Crippen MR) is 132 cm³/mol. The van der Waals surface area contributed by atoms with E-state index >= 15 is 0 Å². The second kappa shape index (κ2) is 9.30. The number of nitrogens with two attached hydrogens (primary N) is 1. The molecule has 1 aromatic carbocycles. The lowest BCUT2D eigenvalue weighted by Crippen LogP contribution is -2.21. The van der Waals surface area contributed by atoms with Crippen molar-refractivity contribution in [1.82, 2.24) is 24.8 Å². The van der Waals surface area contributed by atoms with Crippen LogP contribution in [0.2, 0.25) is 0 Å². The number of nitrogens with zero attached hydrogens (tertiary/aromatic N) is 4. The maximum atomic E-state index is 13.2. The van der Waals surface area contributed by atoms with E-state index in [9.17, 15) is 13.2 Å². The van der Waals surface area contributed by atoms with Gasteiger partial charge in [-0.25, -0.2) is 15.0 Å². The van der Waals surface area contributed by atoms with Crippen molar-refractivity contribution >= 4 is 22.7 Å². The molecule has 1 unspecified atom stereocenters. The van der Waals surface area contributed by atoms with Crippen LogP contribution >= 0.6 is 0 Å². The molecule has 1 aliphatic rings. The van der Waals surface area contributed by atoms with Gasteiger partial charge < -0.3 is 25.7 Å². The molecule has 1 fully saturated rings. The largest absolute Gasteiger partial charge is 0.489 e. The van der Waals surface area contributed by atoms with E-state index in [4.69, 9.17) is 10.5 Å². The number of nitrogen functional groups attached to an aromatic ring is 1. The zero-order valence-electron chi connectivity index (χ0n) is 19.8. The van der Waals surface area contributed by atoms with Gasteiger partial charge in [0.2, 0.25) is 5.95 Å². The Bertz CT molecular complexity index is 1370. The lowest BCUT2D eigenvalue weighted by Gasteiger charge is -2.17. The van der Waals surface area contributed by atoms with E-state index in [2.05, 4.69) is 37.2 Å². The average Bonchev–Trinajstić information content (AvgIpc) is 3.45. The highest BCUT2D eigenvalue weighted by atomic mass is 19.4. The molecule has 0 bridgehead atoms. The molecule has 36 heavy (non-hydrogen) atoms. The molecule has 0 radical (unpaired) electrons. The first-order valence-electron chi connectivity index (χ1n) is 11.6. The highest BCUT2D eigenvalue weighted by Gasteiger charge is 2.31. The number of rotatable bonds is 6. The summed E-state index contributed by atoms with van der Waals surface area (Å²) in [6.45, 7) is 3.92. The van der Waals surface area contributed by atoms with E-state index in [0.717, 1.165) is 43.1 Å². The van der Waals surface area contributed by atoms with E-state index in [0.29, 0.717) is 22.9 Å². The molecule has 2 atom stereocenters. The predicted octanol–water partition coefficient (Wildman–Crippen LogP) is 4.88. The number of likely N-dealkylation sites (N-methyl/N-ethyl adjacent to an activating group) is 1. The van der Waals surface area contributed by atoms with Crippen molar-refractivity contribution in [2.24, 2.45) is 0 Å². The topological polar surface area (TPSA) is 105 Å². The molecular weight excluding hydrogens is 471 g/mol. The lowest BCUT2D eigenvalue weighted by molar-refractivity contribution is -0.137. The number of hydrogen-bond donors (Lipinski definition) is 3. The van der Waals surface area contributed by atoms with Crippen LogP contribution in [-0.2, 0) is 6.18 Å². The third-order valence-corrected chi connectivity index (χ3v) is 6.31. The van der Waals surface area contributed by atoms with Crippen molar-refractivity contribution < 1.29 is 17.9 Å². The number of pyridine rings is 1. The number of aromatic nitrogens is 4. The number of alkyl halides is 3. The lowest BCUT2D eigenvalue weighted by atomic mass is 10.1. The Labute approximate surface area is 205 Å². The fourth-order valence-corrected chi connectivity index (χ4v) is 4.33. The van der Waals surface area contributed by atoms with Gasteiger partial charge in [-0.1, -0.05) is 12.1 Å². The SMILES string of the molecule is C[C@@H](Nc1ncc(N)c(-c2c[nH]c3ncc(C(F)(F)F)cc23)n1)c1ccc(OC2CCN(C)C2)cc1. The molecule has 1 saturated heterocycles. The van der Waals surface area contributed by atoms with E-state index in [-0.39, 0.29) is 23.2 Å². The summed E-state index contributed by atoms with van der Waals surface area (Å²) in [5, 5.41) is 3.51. The number of anilines is 2. The fraction of sp³-hybridized carbons (Fsp3) is 0.320. The molecule has 1 aliphatic heterocycles. The van der Waals surface area contributed by atoms with Gasteiger partial charge in [-0.15, -0.1) is 0 Å². The molecule has 5 rings (SSSR count). The smallest absolute Gasteiger partial charge is 0.417 e. The maximum Gasteiger partial charge on any atom is 0.417 e. The number of fused-ring (bicyclic) bond motifs is 1. The van der Waals surface area contributed by atoms with Gasteiger partial charge in [0.1, 0.15) is 23.2 Å². The molecule has 0 saturated carbocycles. The summed E-state index contributed by atoms with van der Waals surface area (Å²) in [5.74, 6) is 1.12. The molecule has 8 nitrogen and oxygen atoms in total. The normalized spacial score (nSPS) is 17.4. The van der Waals surface area contributed by atoms with E-state index in [1.807, 2.05) is 31.2 Å². The monoisotopic (exact) mass is 497 g/mol. The minimum Gasteiger partial charge on any atom is -0.489 e. The van der Waals surface area contributed by atoms with Crippen LogP contribution < -0.4 is 15.8 Å². The summed E-state index contributed by atoms with van der Waals surface area (Å²) in [6, 6.07) is 8.74. The molecule has 0 aliphatic carbocycles. The number of aromatic amines is 1. The zero-order chi connectivity index (χ0) is 25.4. The zero-order valence-corrected chi connectivity index (χ0v) is 19.8. The summed E-state index contributed by atoms with van der Waals surface area (Å²) in [5.41, 5.74) is 7.54. The summed E-state index contributed by atoms with van der Waals surface area (Å²) in [7, 11) is 2.08. The highest BCUT2D eigenvalue weighted by molar-refractivity contribution is 5.95. The number of likely N-dealkylation sites (tertiary alicyclic amines) is 1. The third kappa shape index (κ3) is 4.92. The van der Waals surface area contributed by atoms with Crippen molar-refractivity contribution in [3.8, 4) is 17.0 Å². The first-order chi connectivity index (χ1) is 17.2.